The highest BCUT2D eigenvalue weighted by Crippen LogP contribution is 2.37. The average molecular weight is 648 g/mol. The summed E-state index contributed by atoms with van der Waals surface area (Å²) in [6, 6.07) is 17.7. The fourth-order valence-corrected chi connectivity index (χ4v) is 4.71. The van der Waals surface area contributed by atoms with Crippen molar-refractivity contribution in [2.75, 3.05) is 0 Å². The van der Waals surface area contributed by atoms with E-state index < -0.39 is 27.9 Å². The number of hydrogen-bond donors (Lipinski definition) is 0. The van der Waals surface area contributed by atoms with Gasteiger partial charge in [0.25, 0.3) is 5.56 Å². The van der Waals surface area contributed by atoms with Crippen LogP contribution in [0.1, 0.15) is 16.7 Å². The molecule has 0 spiro atoms. The lowest BCUT2D eigenvalue weighted by Crippen LogP contribution is -2.20. The molecule has 1 aromatic heterocycles. The van der Waals surface area contributed by atoms with Gasteiger partial charge in [-0.05, 0) is 48.0 Å². The molecule has 8 nitrogen and oxygen atoms in total. The van der Waals surface area contributed by atoms with E-state index >= 15 is 0 Å². The summed E-state index contributed by atoms with van der Waals surface area (Å²) in [4.78, 5) is 29.0. The van der Waals surface area contributed by atoms with Crippen LogP contribution in [0.4, 0.5) is 18.9 Å². The van der Waals surface area contributed by atoms with Crippen molar-refractivity contribution in [1.82, 2.24) is 9.66 Å². The molecule has 0 aliphatic heterocycles. The third-order valence-corrected chi connectivity index (χ3v) is 7.15. The van der Waals surface area contributed by atoms with Crippen LogP contribution in [0.3, 0.4) is 0 Å². The van der Waals surface area contributed by atoms with Gasteiger partial charge in [-0.2, -0.15) is 22.9 Å². The fraction of sp³-hybridized carbons (Fsp3) is 0.0690. The molecule has 0 saturated carbocycles. The highest BCUT2D eigenvalue weighted by molar-refractivity contribution is 6.42. The molecule has 0 aliphatic rings. The van der Waals surface area contributed by atoms with Gasteiger partial charge in [0.15, 0.2) is 5.82 Å². The Balaban J connectivity index is 1.56. The summed E-state index contributed by atoms with van der Waals surface area (Å²) in [6.07, 6.45) is -3.53. The second kappa shape index (κ2) is 12.0. The minimum absolute atomic E-state index is 0.0232. The number of hydrogen-bond acceptors (Lipinski definition) is 6. The van der Waals surface area contributed by atoms with E-state index in [0.717, 1.165) is 29.1 Å². The number of ether oxygens (including phenoxy) is 1. The molecule has 0 fully saturated rings. The first-order valence-electron chi connectivity index (χ1n) is 12.2. The van der Waals surface area contributed by atoms with E-state index in [1.165, 1.54) is 24.3 Å². The molecule has 5 rings (SSSR count). The van der Waals surface area contributed by atoms with Crippen LogP contribution in [0.15, 0.2) is 88.8 Å². The summed E-state index contributed by atoms with van der Waals surface area (Å²) in [5.41, 5.74) is -1.20. The zero-order valence-electron chi connectivity index (χ0n) is 21.5. The van der Waals surface area contributed by atoms with Gasteiger partial charge in [-0.15, -0.1) is 0 Å². The number of nitro groups is 1. The van der Waals surface area contributed by atoms with E-state index in [-0.39, 0.29) is 50.3 Å². The fourth-order valence-electron chi connectivity index (χ4n) is 4.11. The Hall–Kier alpha value is -4.45. The minimum Gasteiger partial charge on any atom is -0.481 e. The largest absolute Gasteiger partial charge is 0.481 e. The van der Waals surface area contributed by atoms with Crippen LogP contribution < -0.4 is 10.3 Å². The predicted octanol–water partition coefficient (Wildman–Crippen LogP) is 8.41. The molecule has 14 heteroatoms. The Morgan fingerprint density at radius 3 is 2.44 bits per heavy atom. The maximum Gasteiger partial charge on any atom is 0.416 e. The second-order valence-electron chi connectivity index (χ2n) is 9.04. The van der Waals surface area contributed by atoms with Gasteiger partial charge in [0, 0.05) is 17.2 Å². The number of rotatable bonds is 7. The van der Waals surface area contributed by atoms with Crippen LogP contribution in [0, 0.1) is 10.1 Å². The van der Waals surface area contributed by atoms with E-state index in [0.29, 0.717) is 10.6 Å². The maximum atomic E-state index is 13.4. The van der Waals surface area contributed by atoms with Gasteiger partial charge >= 0.3 is 11.9 Å². The summed E-state index contributed by atoms with van der Waals surface area (Å²) in [5.74, 6) is -0.391. The van der Waals surface area contributed by atoms with Crippen molar-refractivity contribution in [3.63, 3.8) is 0 Å². The lowest BCUT2D eigenvalue weighted by Gasteiger charge is -2.12. The van der Waals surface area contributed by atoms with Gasteiger partial charge in [0.2, 0.25) is 5.75 Å². The van der Waals surface area contributed by atoms with Gasteiger partial charge in [0.1, 0.15) is 6.61 Å². The standard InChI is InChI=1S/C29H16Cl3F3N4O4/c30-21-9-8-16(10-22(21)31)15-43-26-23(32)11-17(12-25(26)39(41)42)14-36-38-27(18-4-3-5-19(13-18)29(33,34)35)37-24-7-2-1-6-20(24)28(38)40/h1-14H,15H2. The van der Waals surface area contributed by atoms with Crippen molar-refractivity contribution in [2.45, 2.75) is 12.8 Å². The molecule has 0 atom stereocenters. The Labute approximate surface area is 255 Å². The van der Waals surface area contributed by atoms with Gasteiger partial charge < -0.3 is 4.74 Å². The Morgan fingerprint density at radius 2 is 1.72 bits per heavy atom. The van der Waals surface area contributed by atoms with Crippen molar-refractivity contribution in [3.8, 4) is 17.1 Å². The van der Waals surface area contributed by atoms with Gasteiger partial charge in [-0.25, -0.2) is 4.98 Å². The smallest absolute Gasteiger partial charge is 0.416 e. The molecule has 218 valence electrons. The molecular weight excluding hydrogens is 632 g/mol. The van der Waals surface area contributed by atoms with E-state index in [1.807, 2.05) is 0 Å². The van der Waals surface area contributed by atoms with Gasteiger partial charge in [-0.3, -0.25) is 14.9 Å². The molecule has 0 radical (unpaired) electrons. The minimum atomic E-state index is -4.64. The topological polar surface area (TPSA) is 99.6 Å². The average Bonchev–Trinajstić information content (AvgIpc) is 2.97. The van der Waals surface area contributed by atoms with Crippen molar-refractivity contribution in [2.24, 2.45) is 5.10 Å². The summed E-state index contributed by atoms with van der Waals surface area (Å²) >= 11 is 18.3. The van der Waals surface area contributed by atoms with Crippen molar-refractivity contribution in [3.05, 3.63) is 131 Å². The van der Waals surface area contributed by atoms with E-state index in [4.69, 9.17) is 39.5 Å². The number of nitro benzene ring substituents is 1. The summed E-state index contributed by atoms with van der Waals surface area (Å²) < 4.78 is 46.8. The lowest BCUT2D eigenvalue weighted by atomic mass is 10.1. The number of halogens is 6. The molecule has 1 heterocycles. The van der Waals surface area contributed by atoms with Gasteiger partial charge in [-0.1, -0.05) is 65.1 Å². The third-order valence-electron chi connectivity index (χ3n) is 6.13. The maximum absolute atomic E-state index is 13.4. The highest BCUT2D eigenvalue weighted by atomic mass is 35.5. The second-order valence-corrected chi connectivity index (χ2v) is 10.3. The van der Waals surface area contributed by atoms with E-state index in [9.17, 15) is 28.1 Å². The number of benzene rings is 4. The molecule has 43 heavy (non-hydrogen) atoms. The van der Waals surface area contributed by atoms with Gasteiger partial charge in [0.05, 0.1) is 42.7 Å². The number of alkyl halides is 3. The third kappa shape index (κ3) is 6.48. The predicted molar refractivity (Wildman–Crippen MR) is 158 cm³/mol. The number of aromatic nitrogens is 2. The van der Waals surface area contributed by atoms with Crippen LogP contribution >= 0.6 is 34.8 Å². The molecule has 0 aliphatic carbocycles. The summed E-state index contributed by atoms with van der Waals surface area (Å²) in [5, 5.41) is 16.7. The monoisotopic (exact) mass is 646 g/mol. The highest BCUT2D eigenvalue weighted by Gasteiger charge is 2.31. The first-order valence-corrected chi connectivity index (χ1v) is 13.3. The van der Waals surface area contributed by atoms with Crippen LogP contribution in [-0.4, -0.2) is 20.8 Å². The molecule has 0 N–H and O–H groups in total. The number of para-hydroxylation sites is 1. The van der Waals surface area contributed by atoms with E-state index in [1.54, 1.807) is 36.4 Å². The van der Waals surface area contributed by atoms with Crippen LogP contribution in [0.5, 0.6) is 5.75 Å². The molecule has 0 saturated heterocycles. The van der Waals surface area contributed by atoms with Crippen molar-refractivity contribution < 1.29 is 22.8 Å². The SMILES string of the molecule is O=c1c2ccccc2nc(-c2cccc(C(F)(F)F)c2)n1N=Cc1cc(Cl)c(OCc2ccc(Cl)c(Cl)c2)c([N+](=O)[O-])c1. The molecular formula is C29H16Cl3F3N4O4. The molecule has 4 aromatic carbocycles. The number of nitrogens with zero attached hydrogens (tertiary/aromatic N) is 4. The zero-order valence-corrected chi connectivity index (χ0v) is 23.7. The van der Waals surface area contributed by atoms with E-state index in [2.05, 4.69) is 10.1 Å². The lowest BCUT2D eigenvalue weighted by molar-refractivity contribution is -0.385. The van der Waals surface area contributed by atoms with Crippen LogP contribution in [-0.2, 0) is 12.8 Å². The van der Waals surface area contributed by atoms with Crippen LogP contribution in [0.25, 0.3) is 22.3 Å². The van der Waals surface area contributed by atoms with Crippen LogP contribution in [0.2, 0.25) is 15.1 Å². The quantitative estimate of drug-likeness (QED) is 0.100. The first-order chi connectivity index (χ1) is 20.4. The van der Waals surface area contributed by atoms with Crippen molar-refractivity contribution >= 4 is 57.6 Å². The van der Waals surface area contributed by atoms with Crippen molar-refractivity contribution in [1.29, 1.82) is 0 Å². The zero-order chi connectivity index (χ0) is 30.9. The molecule has 0 amide bonds. The Kier molecular flexibility index (Phi) is 8.41. The first kappa shape index (κ1) is 30.0. The molecule has 5 aromatic rings. The summed E-state index contributed by atoms with van der Waals surface area (Å²) in [6.45, 7) is -0.108. The molecule has 0 unspecified atom stereocenters. The molecule has 0 bridgehead atoms. The number of fused-ring (bicyclic) bond motifs is 1. The normalized spacial score (nSPS) is 11.8. The Bertz CT molecular complexity index is 1980. The Morgan fingerprint density at radius 1 is 0.953 bits per heavy atom. The summed E-state index contributed by atoms with van der Waals surface area (Å²) in [7, 11) is 0.